The van der Waals surface area contributed by atoms with Gasteiger partial charge in [0.1, 0.15) is 5.75 Å². The zero-order valence-electron chi connectivity index (χ0n) is 17.7. The number of carbonyl (C=O) groups excluding carboxylic acids is 2. The number of likely N-dealkylation sites (N-methyl/N-ethyl adjacent to an activating group) is 2. The summed E-state index contributed by atoms with van der Waals surface area (Å²) in [5.74, 6) is 0.454. The van der Waals surface area contributed by atoms with Gasteiger partial charge in [0.2, 0.25) is 5.91 Å². The van der Waals surface area contributed by atoms with E-state index in [1.165, 1.54) is 7.11 Å². The third kappa shape index (κ3) is 6.24. The summed E-state index contributed by atoms with van der Waals surface area (Å²) in [6, 6.07) is 7.50. The third-order valence-electron chi connectivity index (χ3n) is 5.23. The van der Waals surface area contributed by atoms with E-state index in [1.54, 1.807) is 11.9 Å². The molecule has 6 heteroatoms. The topological polar surface area (TPSA) is 59.1 Å². The van der Waals surface area contributed by atoms with Crippen LogP contribution in [-0.2, 0) is 20.7 Å². The Bertz CT molecular complexity index is 617. The fourth-order valence-electron chi connectivity index (χ4n) is 3.00. The van der Waals surface area contributed by atoms with Crippen molar-refractivity contribution in [2.45, 2.75) is 52.1 Å². The van der Waals surface area contributed by atoms with Crippen molar-refractivity contribution in [2.75, 3.05) is 34.4 Å². The summed E-state index contributed by atoms with van der Waals surface area (Å²) >= 11 is 0. The first-order valence-electron chi connectivity index (χ1n) is 9.45. The van der Waals surface area contributed by atoms with Crippen molar-refractivity contribution < 1.29 is 19.1 Å². The highest BCUT2D eigenvalue weighted by Crippen LogP contribution is 2.26. The van der Waals surface area contributed by atoms with Crippen LogP contribution in [0.1, 0.15) is 39.7 Å². The van der Waals surface area contributed by atoms with Crippen LogP contribution in [0, 0.1) is 0 Å². The lowest BCUT2D eigenvalue weighted by molar-refractivity contribution is -0.148. The maximum atomic E-state index is 13.0. The Hall–Kier alpha value is -2.08. The van der Waals surface area contributed by atoms with Crippen LogP contribution in [0.2, 0.25) is 0 Å². The molecule has 0 bridgehead atoms. The molecular weight excluding hydrogens is 344 g/mol. The Morgan fingerprint density at radius 1 is 1.15 bits per heavy atom. The van der Waals surface area contributed by atoms with Gasteiger partial charge in [-0.05, 0) is 58.5 Å². The van der Waals surface area contributed by atoms with E-state index in [2.05, 4.69) is 0 Å². The minimum absolute atomic E-state index is 0.0170. The van der Waals surface area contributed by atoms with Gasteiger partial charge < -0.3 is 14.4 Å². The molecule has 1 amide bonds. The van der Waals surface area contributed by atoms with Gasteiger partial charge in [0.25, 0.3) is 0 Å². The van der Waals surface area contributed by atoms with Crippen molar-refractivity contribution in [1.82, 2.24) is 9.80 Å². The molecule has 0 spiro atoms. The molecule has 0 aliphatic carbocycles. The number of carbonyl (C=O) groups is 2. The van der Waals surface area contributed by atoms with Gasteiger partial charge in [-0.1, -0.05) is 19.1 Å². The van der Waals surface area contributed by atoms with Gasteiger partial charge in [-0.2, -0.15) is 0 Å². The highest BCUT2D eigenvalue weighted by atomic mass is 16.5. The summed E-state index contributed by atoms with van der Waals surface area (Å²) in [5.41, 5.74) is 0.334. The SMILES string of the molecule is CCOc1ccc(CC(C)(CC(=O)OC)N(C)C(=O)C(C)N(C)CC)cc1. The predicted molar refractivity (Wildman–Crippen MR) is 107 cm³/mol. The maximum Gasteiger partial charge on any atom is 0.307 e. The lowest BCUT2D eigenvalue weighted by Gasteiger charge is -2.41. The molecule has 0 aromatic heterocycles. The highest BCUT2D eigenvalue weighted by molar-refractivity contribution is 5.83. The molecule has 1 aromatic carbocycles. The molecule has 152 valence electrons. The molecule has 0 radical (unpaired) electrons. The number of hydrogen-bond donors (Lipinski definition) is 0. The molecule has 2 unspecified atom stereocenters. The van der Waals surface area contributed by atoms with Gasteiger partial charge in [-0.25, -0.2) is 0 Å². The highest BCUT2D eigenvalue weighted by Gasteiger charge is 2.37. The number of benzene rings is 1. The van der Waals surface area contributed by atoms with Gasteiger partial charge in [-0.3, -0.25) is 14.5 Å². The van der Waals surface area contributed by atoms with E-state index in [4.69, 9.17) is 9.47 Å². The Labute approximate surface area is 163 Å². The van der Waals surface area contributed by atoms with Crippen molar-refractivity contribution >= 4 is 11.9 Å². The number of ether oxygens (including phenoxy) is 2. The van der Waals surface area contributed by atoms with Gasteiger partial charge in [0.15, 0.2) is 0 Å². The number of esters is 1. The molecule has 0 saturated heterocycles. The summed E-state index contributed by atoms with van der Waals surface area (Å²) < 4.78 is 10.4. The summed E-state index contributed by atoms with van der Waals surface area (Å²) in [5, 5.41) is 0. The first kappa shape index (κ1) is 23.0. The molecule has 0 heterocycles. The second kappa shape index (κ2) is 10.3. The third-order valence-corrected chi connectivity index (χ3v) is 5.23. The average molecular weight is 379 g/mol. The second-order valence-corrected chi connectivity index (χ2v) is 7.15. The van der Waals surface area contributed by atoms with Crippen LogP contribution in [0.25, 0.3) is 0 Å². The standard InChI is InChI=1S/C21H34N2O4/c1-8-22(5)16(3)20(25)23(6)21(4,15-19(24)26-7)14-17-10-12-18(13-11-17)27-9-2/h10-13,16H,8-9,14-15H2,1-7H3. The van der Waals surface area contributed by atoms with Crippen LogP contribution in [-0.4, -0.2) is 67.6 Å². The number of nitrogens with zero attached hydrogens (tertiary/aromatic N) is 2. The second-order valence-electron chi connectivity index (χ2n) is 7.15. The molecule has 1 aromatic rings. The fourth-order valence-corrected chi connectivity index (χ4v) is 3.00. The first-order chi connectivity index (χ1) is 12.7. The zero-order chi connectivity index (χ0) is 20.6. The monoisotopic (exact) mass is 378 g/mol. The quantitative estimate of drug-likeness (QED) is 0.586. The molecule has 6 nitrogen and oxygen atoms in total. The molecule has 1 rings (SSSR count). The molecular formula is C21H34N2O4. The largest absolute Gasteiger partial charge is 0.494 e. The molecule has 0 N–H and O–H groups in total. The van der Waals surface area contributed by atoms with Crippen LogP contribution in [0.3, 0.4) is 0 Å². The van der Waals surface area contributed by atoms with Crippen LogP contribution in [0.15, 0.2) is 24.3 Å². The number of amides is 1. The van der Waals surface area contributed by atoms with E-state index in [1.807, 2.05) is 63.9 Å². The molecule has 2 atom stereocenters. The van der Waals surface area contributed by atoms with E-state index < -0.39 is 5.54 Å². The summed E-state index contributed by atoms with van der Waals surface area (Å²) in [6.07, 6.45) is 0.667. The number of hydrogen-bond acceptors (Lipinski definition) is 5. The minimum atomic E-state index is -0.694. The van der Waals surface area contributed by atoms with Crippen molar-refractivity contribution in [3.05, 3.63) is 29.8 Å². The van der Waals surface area contributed by atoms with Crippen molar-refractivity contribution in [3.8, 4) is 5.75 Å². The molecule has 0 fully saturated rings. The molecule has 27 heavy (non-hydrogen) atoms. The Balaban J connectivity index is 3.08. The Kier molecular flexibility index (Phi) is 8.76. The van der Waals surface area contributed by atoms with E-state index in [0.29, 0.717) is 13.0 Å². The number of methoxy groups -OCH3 is 1. The van der Waals surface area contributed by atoms with E-state index in [0.717, 1.165) is 17.9 Å². The summed E-state index contributed by atoms with van der Waals surface area (Å²) in [7, 11) is 5.05. The van der Waals surface area contributed by atoms with E-state index in [-0.39, 0.29) is 24.3 Å². The van der Waals surface area contributed by atoms with Gasteiger partial charge >= 0.3 is 5.97 Å². The van der Waals surface area contributed by atoms with Crippen LogP contribution >= 0.6 is 0 Å². The lowest BCUT2D eigenvalue weighted by Crippen LogP contribution is -2.55. The Morgan fingerprint density at radius 2 is 1.74 bits per heavy atom. The summed E-state index contributed by atoms with van der Waals surface area (Å²) in [4.78, 5) is 28.7. The summed E-state index contributed by atoms with van der Waals surface area (Å²) in [6.45, 7) is 9.15. The molecule has 0 saturated carbocycles. The van der Waals surface area contributed by atoms with E-state index in [9.17, 15) is 9.59 Å². The molecule has 0 aliphatic heterocycles. The normalized spacial score (nSPS) is 14.4. The predicted octanol–water partition coefficient (Wildman–Crippen LogP) is 2.75. The van der Waals surface area contributed by atoms with Crippen molar-refractivity contribution in [3.63, 3.8) is 0 Å². The molecule has 0 aliphatic rings. The zero-order valence-corrected chi connectivity index (χ0v) is 17.7. The van der Waals surface area contributed by atoms with Gasteiger partial charge in [0.05, 0.1) is 31.7 Å². The minimum Gasteiger partial charge on any atom is -0.494 e. The van der Waals surface area contributed by atoms with Crippen LogP contribution < -0.4 is 4.74 Å². The van der Waals surface area contributed by atoms with Crippen molar-refractivity contribution in [1.29, 1.82) is 0 Å². The average Bonchev–Trinajstić information content (AvgIpc) is 2.67. The van der Waals surface area contributed by atoms with Gasteiger partial charge in [-0.15, -0.1) is 0 Å². The van der Waals surface area contributed by atoms with Crippen LogP contribution in [0.4, 0.5) is 0 Å². The van der Waals surface area contributed by atoms with Crippen LogP contribution in [0.5, 0.6) is 5.75 Å². The number of rotatable bonds is 10. The van der Waals surface area contributed by atoms with E-state index >= 15 is 0 Å². The smallest absolute Gasteiger partial charge is 0.307 e. The lowest BCUT2D eigenvalue weighted by atomic mass is 9.87. The van der Waals surface area contributed by atoms with Crippen molar-refractivity contribution in [2.24, 2.45) is 0 Å². The van der Waals surface area contributed by atoms with Gasteiger partial charge in [0, 0.05) is 7.05 Å². The fraction of sp³-hybridized carbons (Fsp3) is 0.619. The maximum absolute atomic E-state index is 13.0. The Morgan fingerprint density at radius 3 is 2.22 bits per heavy atom. The first-order valence-corrected chi connectivity index (χ1v) is 9.45.